The van der Waals surface area contributed by atoms with Crippen LogP contribution in [0.3, 0.4) is 0 Å². The van der Waals surface area contributed by atoms with Crippen LogP contribution in [0.15, 0.2) is 96.8 Å². The fourth-order valence-corrected chi connectivity index (χ4v) is 4.37. The summed E-state index contributed by atoms with van der Waals surface area (Å²) in [5, 5.41) is 0. The monoisotopic (exact) mass is 511 g/mol. The number of benzene rings is 3. The molecule has 0 heterocycles. The molecule has 5 heteroatoms. The van der Waals surface area contributed by atoms with Gasteiger partial charge in [0.1, 0.15) is 18.1 Å². The second-order valence-corrected chi connectivity index (χ2v) is 10.0. The average molecular weight is 512 g/mol. The lowest BCUT2D eigenvalue weighted by Crippen LogP contribution is -2.19. The Bertz CT molecular complexity index is 1230. The van der Waals surface area contributed by atoms with E-state index in [4.69, 9.17) is 14.2 Å². The van der Waals surface area contributed by atoms with Gasteiger partial charge in [0.2, 0.25) is 0 Å². The summed E-state index contributed by atoms with van der Waals surface area (Å²) in [6, 6.07) is 24.3. The van der Waals surface area contributed by atoms with Crippen LogP contribution in [-0.2, 0) is 16.1 Å². The normalized spacial score (nSPS) is 13.3. The van der Waals surface area contributed by atoms with Crippen LogP contribution in [0.4, 0.5) is 17.1 Å². The average Bonchev–Trinajstić information content (AvgIpc) is 2.93. The standard InChI is InChI=1S/C33H37NO4/c1-24(2)22-36-30-18-14-28(15-19-30)34(27-12-10-26(11-13-27)23-37-33(35)25(3)4)29-16-20-32(21-17-29)38-31-8-6-5-7-9-31/h10-22,31H,3,5-9,23H2,1-2,4H3. The van der Waals surface area contributed by atoms with E-state index < -0.39 is 0 Å². The van der Waals surface area contributed by atoms with E-state index in [0.717, 1.165) is 52.5 Å². The largest absolute Gasteiger partial charge is 0.490 e. The van der Waals surface area contributed by atoms with Crippen molar-refractivity contribution >= 4 is 23.0 Å². The van der Waals surface area contributed by atoms with Crippen molar-refractivity contribution in [2.24, 2.45) is 0 Å². The molecule has 0 N–H and O–H groups in total. The van der Waals surface area contributed by atoms with E-state index in [-0.39, 0.29) is 12.6 Å². The van der Waals surface area contributed by atoms with Crippen molar-refractivity contribution in [3.8, 4) is 11.5 Å². The van der Waals surface area contributed by atoms with Gasteiger partial charge < -0.3 is 19.1 Å². The van der Waals surface area contributed by atoms with Crippen molar-refractivity contribution in [1.82, 2.24) is 0 Å². The molecule has 0 unspecified atom stereocenters. The quantitative estimate of drug-likeness (QED) is 0.155. The SMILES string of the molecule is C=C(C)C(=O)OCc1ccc(N(c2ccc(OC=C(C)C)cc2)c2ccc(OC3CCCCC3)cc2)cc1. The predicted molar refractivity (Wildman–Crippen MR) is 153 cm³/mol. The van der Waals surface area contributed by atoms with Crippen molar-refractivity contribution < 1.29 is 19.0 Å². The first-order valence-corrected chi connectivity index (χ1v) is 13.3. The summed E-state index contributed by atoms with van der Waals surface area (Å²) in [7, 11) is 0. The minimum absolute atomic E-state index is 0.204. The van der Waals surface area contributed by atoms with Crippen molar-refractivity contribution in [2.75, 3.05) is 4.90 Å². The van der Waals surface area contributed by atoms with E-state index in [0.29, 0.717) is 11.7 Å². The van der Waals surface area contributed by atoms with Crippen molar-refractivity contribution in [2.45, 2.75) is 65.6 Å². The lowest BCUT2D eigenvalue weighted by Gasteiger charge is -2.27. The molecule has 0 bridgehead atoms. The molecule has 0 aliphatic heterocycles. The Labute approximate surface area is 226 Å². The fourth-order valence-electron chi connectivity index (χ4n) is 4.37. The number of ether oxygens (including phenoxy) is 3. The van der Waals surface area contributed by atoms with E-state index in [2.05, 4.69) is 35.7 Å². The number of carbonyl (C=O) groups excluding carboxylic acids is 1. The van der Waals surface area contributed by atoms with Gasteiger partial charge in [-0.3, -0.25) is 0 Å². The van der Waals surface area contributed by atoms with Crippen LogP contribution in [0, 0.1) is 0 Å². The molecule has 0 radical (unpaired) electrons. The molecule has 198 valence electrons. The number of anilines is 3. The molecule has 38 heavy (non-hydrogen) atoms. The molecule has 4 rings (SSSR count). The Morgan fingerprint density at radius 3 is 1.87 bits per heavy atom. The van der Waals surface area contributed by atoms with Crippen molar-refractivity contribution in [3.05, 3.63) is 102 Å². The van der Waals surface area contributed by atoms with E-state index >= 15 is 0 Å². The number of rotatable bonds is 10. The number of hydrogen-bond acceptors (Lipinski definition) is 5. The molecular weight excluding hydrogens is 474 g/mol. The Balaban J connectivity index is 1.57. The van der Waals surface area contributed by atoms with Gasteiger partial charge >= 0.3 is 5.97 Å². The zero-order valence-corrected chi connectivity index (χ0v) is 22.6. The number of esters is 1. The van der Waals surface area contributed by atoms with Crippen LogP contribution in [-0.4, -0.2) is 12.1 Å². The molecule has 3 aromatic carbocycles. The molecule has 1 aliphatic carbocycles. The van der Waals surface area contributed by atoms with E-state index in [1.165, 1.54) is 19.3 Å². The number of hydrogen-bond donors (Lipinski definition) is 0. The van der Waals surface area contributed by atoms with Crippen LogP contribution < -0.4 is 14.4 Å². The predicted octanol–water partition coefficient (Wildman–Crippen LogP) is 8.79. The number of nitrogens with zero attached hydrogens (tertiary/aromatic N) is 1. The maximum atomic E-state index is 11.8. The number of carbonyl (C=O) groups is 1. The van der Waals surface area contributed by atoms with Gasteiger partial charge in [-0.25, -0.2) is 4.79 Å². The highest BCUT2D eigenvalue weighted by molar-refractivity contribution is 5.86. The first kappa shape index (κ1) is 27.1. The van der Waals surface area contributed by atoms with Gasteiger partial charge in [-0.1, -0.05) is 25.1 Å². The van der Waals surface area contributed by atoms with Crippen LogP contribution in [0.25, 0.3) is 0 Å². The molecule has 1 fully saturated rings. The Morgan fingerprint density at radius 2 is 1.34 bits per heavy atom. The van der Waals surface area contributed by atoms with Gasteiger partial charge in [0.05, 0.1) is 12.4 Å². The third-order valence-electron chi connectivity index (χ3n) is 6.39. The van der Waals surface area contributed by atoms with Crippen molar-refractivity contribution in [1.29, 1.82) is 0 Å². The Kier molecular flexibility index (Phi) is 9.26. The van der Waals surface area contributed by atoms with E-state index in [9.17, 15) is 4.79 Å². The van der Waals surface area contributed by atoms with Gasteiger partial charge in [-0.2, -0.15) is 0 Å². The zero-order valence-electron chi connectivity index (χ0n) is 22.6. The first-order chi connectivity index (χ1) is 18.4. The molecule has 0 saturated heterocycles. The van der Waals surface area contributed by atoms with E-state index in [1.807, 2.05) is 62.4 Å². The molecule has 1 saturated carbocycles. The maximum Gasteiger partial charge on any atom is 0.333 e. The minimum Gasteiger partial charge on any atom is -0.490 e. The Morgan fingerprint density at radius 1 is 0.816 bits per heavy atom. The lowest BCUT2D eigenvalue weighted by atomic mass is 9.98. The molecule has 1 aliphatic rings. The molecule has 0 spiro atoms. The van der Waals surface area contributed by atoms with Crippen LogP contribution in [0.2, 0.25) is 0 Å². The van der Waals surface area contributed by atoms with Gasteiger partial charge in [0.15, 0.2) is 0 Å². The first-order valence-electron chi connectivity index (χ1n) is 13.3. The smallest absolute Gasteiger partial charge is 0.333 e. The number of allylic oxidation sites excluding steroid dienone is 1. The second kappa shape index (κ2) is 13.0. The van der Waals surface area contributed by atoms with Crippen LogP contribution in [0.5, 0.6) is 11.5 Å². The summed E-state index contributed by atoms with van der Waals surface area (Å²) in [4.78, 5) is 14.0. The van der Waals surface area contributed by atoms with Gasteiger partial charge in [-0.15, -0.1) is 0 Å². The molecule has 3 aromatic rings. The third-order valence-corrected chi connectivity index (χ3v) is 6.39. The summed E-state index contributed by atoms with van der Waals surface area (Å²) < 4.78 is 17.3. The summed E-state index contributed by atoms with van der Waals surface area (Å²) in [6.45, 7) is 9.48. The molecule has 5 nitrogen and oxygen atoms in total. The summed E-state index contributed by atoms with van der Waals surface area (Å²) in [6.07, 6.45) is 8.11. The summed E-state index contributed by atoms with van der Waals surface area (Å²) in [5.41, 5.74) is 5.39. The summed E-state index contributed by atoms with van der Waals surface area (Å²) >= 11 is 0. The summed E-state index contributed by atoms with van der Waals surface area (Å²) in [5.74, 6) is 1.29. The van der Waals surface area contributed by atoms with Crippen LogP contribution >= 0.6 is 0 Å². The molecule has 0 atom stereocenters. The third kappa shape index (κ3) is 7.51. The maximum absolute atomic E-state index is 11.8. The highest BCUT2D eigenvalue weighted by atomic mass is 16.5. The topological polar surface area (TPSA) is 48.0 Å². The Hall–Kier alpha value is -3.99. The van der Waals surface area contributed by atoms with Crippen LogP contribution in [0.1, 0.15) is 58.4 Å². The fraction of sp³-hybridized carbons (Fsp3) is 0.303. The molecular formula is C33H37NO4. The van der Waals surface area contributed by atoms with Crippen molar-refractivity contribution in [3.63, 3.8) is 0 Å². The molecule has 0 aromatic heterocycles. The zero-order chi connectivity index (χ0) is 26.9. The van der Waals surface area contributed by atoms with Gasteiger partial charge in [0, 0.05) is 22.6 Å². The highest BCUT2D eigenvalue weighted by Crippen LogP contribution is 2.36. The van der Waals surface area contributed by atoms with Gasteiger partial charge in [0.25, 0.3) is 0 Å². The lowest BCUT2D eigenvalue weighted by molar-refractivity contribution is -0.140. The van der Waals surface area contributed by atoms with E-state index in [1.54, 1.807) is 13.2 Å². The van der Waals surface area contributed by atoms with Gasteiger partial charge in [-0.05, 0) is 118 Å². The highest BCUT2D eigenvalue weighted by Gasteiger charge is 2.16. The molecule has 0 amide bonds. The second-order valence-electron chi connectivity index (χ2n) is 10.0. The minimum atomic E-state index is -0.387.